The van der Waals surface area contributed by atoms with Crippen LogP contribution in [0.25, 0.3) is 0 Å². The van der Waals surface area contributed by atoms with Crippen LogP contribution < -0.4 is 11.1 Å². The van der Waals surface area contributed by atoms with E-state index in [-0.39, 0.29) is 12.5 Å². The molecule has 0 radical (unpaired) electrons. The van der Waals surface area contributed by atoms with Gasteiger partial charge in [0.25, 0.3) is 0 Å². The molecule has 1 heterocycles. The van der Waals surface area contributed by atoms with Gasteiger partial charge in [0.05, 0.1) is 11.9 Å². The normalized spacial score (nSPS) is 9.94. The van der Waals surface area contributed by atoms with Crippen molar-refractivity contribution in [1.29, 1.82) is 0 Å². The minimum Gasteiger partial charge on any atom is -0.351 e. The van der Waals surface area contributed by atoms with Crippen LogP contribution in [0.1, 0.15) is 19.5 Å². The van der Waals surface area contributed by atoms with Crippen molar-refractivity contribution in [2.45, 2.75) is 26.9 Å². The zero-order chi connectivity index (χ0) is 12.0. The van der Waals surface area contributed by atoms with Crippen LogP contribution in [0.2, 0.25) is 0 Å². The van der Waals surface area contributed by atoms with Gasteiger partial charge in [-0.1, -0.05) is 16.9 Å². The van der Waals surface area contributed by atoms with Crippen LogP contribution in [-0.2, 0) is 17.9 Å². The van der Waals surface area contributed by atoms with Crippen molar-refractivity contribution in [2.24, 2.45) is 5.73 Å². The van der Waals surface area contributed by atoms with Crippen molar-refractivity contribution in [3.05, 3.63) is 23.5 Å². The molecule has 88 valence electrons. The number of rotatable bonds is 5. The summed E-state index contributed by atoms with van der Waals surface area (Å²) in [6, 6.07) is 0. The van der Waals surface area contributed by atoms with Crippen LogP contribution in [0, 0.1) is 0 Å². The van der Waals surface area contributed by atoms with Crippen LogP contribution in [0.5, 0.6) is 0 Å². The largest absolute Gasteiger partial charge is 0.351 e. The Bertz CT molecular complexity index is 378. The second-order valence-electron chi connectivity index (χ2n) is 3.70. The Kier molecular flexibility index (Phi) is 4.65. The predicted molar refractivity (Wildman–Crippen MR) is 60.4 cm³/mol. The highest BCUT2D eigenvalue weighted by Gasteiger charge is 2.03. The maximum atomic E-state index is 11.4. The van der Waals surface area contributed by atoms with Crippen LogP contribution in [0.15, 0.2) is 17.8 Å². The summed E-state index contributed by atoms with van der Waals surface area (Å²) in [5.74, 6) is -0.0917. The molecule has 0 aliphatic carbocycles. The zero-order valence-electron chi connectivity index (χ0n) is 9.60. The highest BCUT2D eigenvalue weighted by atomic mass is 16.2. The first kappa shape index (κ1) is 12.4. The Hall–Kier alpha value is -1.69. The summed E-state index contributed by atoms with van der Waals surface area (Å²) < 4.78 is 1.47. The quantitative estimate of drug-likeness (QED) is 0.678. The number of nitrogens with two attached hydrogens (primary N) is 1. The van der Waals surface area contributed by atoms with Gasteiger partial charge < -0.3 is 11.1 Å². The summed E-state index contributed by atoms with van der Waals surface area (Å²) in [5, 5.41) is 10.3. The average Bonchev–Trinajstić information content (AvgIpc) is 2.65. The molecule has 0 saturated heterocycles. The van der Waals surface area contributed by atoms with Crippen LogP contribution in [0.3, 0.4) is 0 Å². The Labute approximate surface area is 94.5 Å². The number of aromatic nitrogens is 3. The summed E-state index contributed by atoms with van der Waals surface area (Å²) in [6.07, 6.45) is 3.62. The van der Waals surface area contributed by atoms with E-state index in [1.807, 2.05) is 19.9 Å². The fourth-order valence-corrected chi connectivity index (χ4v) is 1.08. The van der Waals surface area contributed by atoms with Gasteiger partial charge >= 0.3 is 0 Å². The zero-order valence-corrected chi connectivity index (χ0v) is 9.60. The number of hydrogen-bond donors (Lipinski definition) is 2. The maximum Gasteiger partial charge on any atom is 0.242 e. The fourth-order valence-electron chi connectivity index (χ4n) is 1.08. The SMILES string of the molecule is CC(C)=CCNC(=O)Cn1cc(CN)nn1. The first-order valence-electron chi connectivity index (χ1n) is 5.11. The fraction of sp³-hybridized carbons (Fsp3) is 0.500. The number of nitrogens with zero attached hydrogens (tertiary/aromatic N) is 3. The molecule has 0 saturated carbocycles. The van der Waals surface area contributed by atoms with E-state index in [1.165, 1.54) is 10.3 Å². The summed E-state index contributed by atoms with van der Waals surface area (Å²) in [4.78, 5) is 11.4. The van der Waals surface area contributed by atoms with Gasteiger partial charge in [0.2, 0.25) is 5.91 Å². The third-order valence-electron chi connectivity index (χ3n) is 1.91. The number of allylic oxidation sites excluding steroid dienone is 1. The van der Waals surface area contributed by atoms with E-state index in [0.29, 0.717) is 18.8 Å². The topological polar surface area (TPSA) is 85.8 Å². The lowest BCUT2D eigenvalue weighted by Gasteiger charge is -2.01. The van der Waals surface area contributed by atoms with Gasteiger partial charge in [-0.3, -0.25) is 4.79 Å². The number of carbonyl (C=O) groups excluding carboxylic acids is 1. The second kappa shape index (κ2) is 6.02. The van der Waals surface area contributed by atoms with Crippen LogP contribution in [-0.4, -0.2) is 27.4 Å². The van der Waals surface area contributed by atoms with E-state index < -0.39 is 0 Å². The van der Waals surface area contributed by atoms with Gasteiger partial charge in [-0.05, 0) is 13.8 Å². The monoisotopic (exact) mass is 223 g/mol. The molecular formula is C10H17N5O. The van der Waals surface area contributed by atoms with Gasteiger partial charge in [0.1, 0.15) is 6.54 Å². The molecule has 16 heavy (non-hydrogen) atoms. The van der Waals surface area contributed by atoms with Crippen molar-refractivity contribution >= 4 is 5.91 Å². The molecule has 0 bridgehead atoms. The summed E-state index contributed by atoms with van der Waals surface area (Å²) in [7, 11) is 0. The molecule has 0 unspecified atom stereocenters. The molecule has 1 rings (SSSR count). The van der Waals surface area contributed by atoms with E-state index in [1.54, 1.807) is 6.20 Å². The van der Waals surface area contributed by atoms with Gasteiger partial charge in [-0.25, -0.2) is 4.68 Å². The lowest BCUT2D eigenvalue weighted by Crippen LogP contribution is -2.28. The van der Waals surface area contributed by atoms with E-state index in [0.717, 1.165) is 0 Å². The van der Waals surface area contributed by atoms with Crippen LogP contribution >= 0.6 is 0 Å². The molecule has 0 aliphatic rings. The van der Waals surface area contributed by atoms with Crippen LogP contribution in [0.4, 0.5) is 0 Å². The van der Waals surface area contributed by atoms with E-state index in [2.05, 4.69) is 15.6 Å². The number of nitrogens with one attached hydrogen (secondary N) is 1. The minimum absolute atomic E-state index is 0.0917. The van der Waals surface area contributed by atoms with E-state index in [9.17, 15) is 4.79 Å². The Morgan fingerprint density at radius 1 is 1.62 bits per heavy atom. The number of carbonyl (C=O) groups is 1. The molecule has 3 N–H and O–H groups in total. The Morgan fingerprint density at radius 3 is 2.94 bits per heavy atom. The lowest BCUT2D eigenvalue weighted by atomic mass is 10.3. The maximum absolute atomic E-state index is 11.4. The third kappa shape index (κ3) is 4.22. The first-order chi connectivity index (χ1) is 7.61. The first-order valence-corrected chi connectivity index (χ1v) is 5.11. The standard InChI is InChI=1S/C10H17N5O/c1-8(2)3-4-12-10(16)7-15-6-9(5-11)13-14-15/h3,6H,4-5,7,11H2,1-2H3,(H,12,16). The highest BCUT2D eigenvalue weighted by Crippen LogP contribution is 1.91. The van der Waals surface area contributed by atoms with E-state index >= 15 is 0 Å². The summed E-state index contributed by atoms with van der Waals surface area (Å²) in [5.41, 5.74) is 7.23. The predicted octanol–water partition coefficient (Wildman–Crippen LogP) is -0.181. The highest BCUT2D eigenvalue weighted by molar-refractivity contribution is 5.75. The minimum atomic E-state index is -0.0917. The summed E-state index contributed by atoms with van der Waals surface area (Å²) in [6.45, 7) is 5.01. The van der Waals surface area contributed by atoms with E-state index in [4.69, 9.17) is 5.73 Å². The average molecular weight is 223 g/mol. The molecular weight excluding hydrogens is 206 g/mol. The summed E-state index contributed by atoms with van der Waals surface area (Å²) >= 11 is 0. The molecule has 0 atom stereocenters. The van der Waals surface area contributed by atoms with Gasteiger partial charge in [0, 0.05) is 13.1 Å². The van der Waals surface area contributed by atoms with Crippen molar-refractivity contribution in [1.82, 2.24) is 20.3 Å². The third-order valence-corrected chi connectivity index (χ3v) is 1.91. The molecule has 1 amide bonds. The van der Waals surface area contributed by atoms with Gasteiger partial charge in [0.15, 0.2) is 0 Å². The number of amides is 1. The van der Waals surface area contributed by atoms with Crippen molar-refractivity contribution in [3.63, 3.8) is 0 Å². The molecule has 0 spiro atoms. The van der Waals surface area contributed by atoms with Crippen molar-refractivity contribution in [2.75, 3.05) is 6.54 Å². The Balaban J connectivity index is 2.36. The molecule has 6 nitrogen and oxygen atoms in total. The molecule has 1 aromatic heterocycles. The van der Waals surface area contributed by atoms with Crippen molar-refractivity contribution < 1.29 is 4.79 Å². The Morgan fingerprint density at radius 2 is 2.38 bits per heavy atom. The lowest BCUT2D eigenvalue weighted by molar-refractivity contribution is -0.121. The van der Waals surface area contributed by atoms with Gasteiger partial charge in [-0.15, -0.1) is 5.10 Å². The molecule has 0 aliphatic heterocycles. The molecule has 0 aromatic carbocycles. The molecule has 1 aromatic rings. The number of hydrogen-bond acceptors (Lipinski definition) is 4. The molecule has 6 heteroatoms. The molecule has 0 fully saturated rings. The smallest absolute Gasteiger partial charge is 0.242 e. The second-order valence-corrected chi connectivity index (χ2v) is 3.70. The van der Waals surface area contributed by atoms with Gasteiger partial charge in [-0.2, -0.15) is 0 Å². The van der Waals surface area contributed by atoms with Crippen molar-refractivity contribution in [3.8, 4) is 0 Å².